The number of hydrogen-bond donors (Lipinski definition) is 2. The summed E-state index contributed by atoms with van der Waals surface area (Å²) >= 11 is 0. The third-order valence-electron chi connectivity index (χ3n) is 3.99. The van der Waals surface area contributed by atoms with Gasteiger partial charge in [-0.25, -0.2) is 9.07 Å². The maximum atomic E-state index is 13.0. The molecule has 5 nitrogen and oxygen atoms in total. The summed E-state index contributed by atoms with van der Waals surface area (Å²) in [6.45, 7) is 5.40. The molecule has 1 aromatic carbocycles. The molecular formula is C16H20ClFN4O. The molecule has 0 bridgehead atoms. The molecule has 2 aromatic rings. The van der Waals surface area contributed by atoms with Gasteiger partial charge in [-0.1, -0.05) is 0 Å². The second-order valence-corrected chi connectivity index (χ2v) is 5.60. The summed E-state index contributed by atoms with van der Waals surface area (Å²) in [6, 6.07) is 6.24. The molecule has 7 heteroatoms. The minimum atomic E-state index is -0.294. The predicted molar refractivity (Wildman–Crippen MR) is 89.0 cm³/mol. The van der Waals surface area contributed by atoms with Crippen LogP contribution in [0.4, 0.5) is 4.39 Å². The summed E-state index contributed by atoms with van der Waals surface area (Å²) in [5.41, 5.74) is 2.76. The van der Waals surface area contributed by atoms with E-state index in [1.54, 1.807) is 16.8 Å². The van der Waals surface area contributed by atoms with Crippen LogP contribution in [-0.2, 0) is 0 Å². The lowest BCUT2D eigenvalue weighted by molar-refractivity contribution is 0.0939. The van der Waals surface area contributed by atoms with Crippen LogP contribution in [0, 0.1) is 19.7 Å². The number of carbonyl (C=O) groups excluding carboxylic acids is 1. The van der Waals surface area contributed by atoms with Gasteiger partial charge in [-0.3, -0.25) is 4.79 Å². The molecule has 2 N–H and O–H groups in total. The Bertz CT molecular complexity index is 693. The fourth-order valence-corrected chi connectivity index (χ4v) is 2.84. The Morgan fingerprint density at radius 2 is 2.04 bits per heavy atom. The zero-order valence-electron chi connectivity index (χ0n) is 13.1. The van der Waals surface area contributed by atoms with Crippen molar-refractivity contribution in [2.45, 2.75) is 26.3 Å². The van der Waals surface area contributed by atoms with E-state index in [-0.39, 0.29) is 30.2 Å². The fraction of sp³-hybridized carbons (Fsp3) is 0.375. The average molecular weight is 339 g/mol. The molecule has 0 spiro atoms. The number of halogens is 2. The molecular weight excluding hydrogens is 319 g/mol. The molecule has 1 amide bonds. The second-order valence-electron chi connectivity index (χ2n) is 5.60. The molecule has 1 saturated heterocycles. The fourth-order valence-electron chi connectivity index (χ4n) is 2.84. The Labute approximate surface area is 140 Å². The van der Waals surface area contributed by atoms with Crippen molar-refractivity contribution < 1.29 is 9.18 Å². The van der Waals surface area contributed by atoms with Gasteiger partial charge in [-0.15, -0.1) is 12.4 Å². The normalized spacial score (nSPS) is 16.9. The van der Waals surface area contributed by atoms with Crippen LogP contribution in [0.1, 0.15) is 28.2 Å². The summed E-state index contributed by atoms with van der Waals surface area (Å²) in [6.07, 6.45) is 0.940. The Kier molecular flexibility index (Phi) is 5.38. The quantitative estimate of drug-likeness (QED) is 0.901. The van der Waals surface area contributed by atoms with Crippen molar-refractivity contribution in [1.82, 2.24) is 20.4 Å². The summed E-state index contributed by atoms with van der Waals surface area (Å²) in [4.78, 5) is 12.5. The molecule has 1 aliphatic heterocycles. The van der Waals surface area contributed by atoms with E-state index < -0.39 is 0 Å². The van der Waals surface area contributed by atoms with Crippen molar-refractivity contribution in [3.63, 3.8) is 0 Å². The Balaban J connectivity index is 0.00000192. The molecule has 1 fully saturated rings. The minimum Gasteiger partial charge on any atom is -0.348 e. The number of nitrogens with zero attached hydrogens (tertiary/aromatic N) is 2. The number of aryl methyl sites for hydroxylation is 1. The highest BCUT2D eigenvalue weighted by Crippen LogP contribution is 2.18. The smallest absolute Gasteiger partial charge is 0.255 e. The van der Waals surface area contributed by atoms with Gasteiger partial charge in [0.1, 0.15) is 5.82 Å². The number of benzene rings is 1. The van der Waals surface area contributed by atoms with E-state index in [1.807, 2.05) is 13.8 Å². The summed E-state index contributed by atoms with van der Waals surface area (Å²) in [7, 11) is 0. The lowest BCUT2D eigenvalue weighted by atomic mass is 10.1. The van der Waals surface area contributed by atoms with Crippen molar-refractivity contribution in [2.75, 3.05) is 13.1 Å². The summed E-state index contributed by atoms with van der Waals surface area (Å²) in [5.74, 6) is -0.394. The van der Waals surface area contributed by atoms with Gasteiger partial charge in [0.2, 0.25) is 0 Å². The molecule has 1 atom stereocenters. The summed E-state index contributed by atoms with van der Waals surface area (Å²) < 4.78 is 14.7. The molecule has 0 aliphatic carbocycles. The maximum absolute atomic E-state index is 13.0. The SMILES string of the molecule is Cc1nn(-c2ccc(F)cc2)c(C)c1C(=O)NC1CCNC1.Cl. The van der Waals surface area contributed by atoms with Crippen LogP contribution < -0.4 is 10.6 Å². The third kappa shape index (κ3) is 3.54. The van der Waals surface area contributed by atoms with E-state index in [4.69, 9.17) is 0 Å². The molecule has 3 rings (SSSR count). The van der Waals surface area contributed by atoms with Crippen LogP contribution in [0.2, 0.25) is 0 Å². The standard InChI is InChI=1S/C16H19FN4O.ClH/c1-10-15(16(22)19-13-7-8-18-9-13)11(2)21(20-10)14-5-3-12(17)4-6-14;/h3-6,13,18H,7-9H2,1-2H3,(H,19,22);1H. The maximum Gasteiger partial charge on any atom is 0.255 e. The van der Waals surface area contributed by atoms with Gasteiger partial charge in [0.15, 0.2) is 0 Å². The van der Waals surface area contributed by atoms with Crippen LogP contribution in [0.25, 0.3) is 5.69 Å². The Morgan fingerprint density at radius 1 is 1.35 bits per heavy atom. The van der Waals surface area contributed by atoms with Crippen molar-refractivity contribution in [1.29, 1.82) is 0 Å². The van der Waals surface area contributed by atoms with Gasteiger partial charge in [0, 0.05) is 12.6 Å². The lowest BCUT2D eigenvalue weighted by Gasteiger charge is -2.11. The van der Waals surface area contributed by atoms with Crippen molar-refractivity contribution in [3.8, 4) is 5.69 Å². The van der Waals surface area contributed by atoms with E-state index >= 15 is 0 Å². The van der Waals surface area contributed by atoms with Crippen LogP contribution in [0.3, 0.4) is 0 Å². The predicted octanol–water partition coefficient (Wildman–Crippen LogP) is 2.14. The van der Waals surface area contributed by atoms with Gasteiger partial charge in [-0.2, -0.15) is 5.10 Å². The molecule has 1 unspecified atom stereocenters. The second kappa shape index (κ2) is 7.10. The lowest BCUT2D eigenvalue weighted by Crippen LogP contribution is -2.36. The summed E-state index contributed by atoms with van der Waals surface area (Å²) in [5, 5.41) is 10.7. The first-order chi connectivity index (χ1) is 10.6. The van der Waals surface area contributed by atoms with Crippen LogP contribution in [-0.4, -0.2) is 34.8 Å². The molecule has 0 saturated carbocycles. The van der Waals surface area contributed by atoms with Crippen molar-refractivity contribution in [3.05, 3.63) is 47.0 Å². The van der Waals surface area contributed by atoms with E-state index in [0.717, 1.165) is 30.9 Å². The number of amides is 1. The van der Waals surface area contributed by atoms with Crippen LogP contribution >= 0.6 is 12.4 Å². The number of carbonyl (C=O) groups is 1. The van der Waals surface area contributed by atoms with Gasteiger partial charge < -0.3 is 10.6 Å². The van der Waals surface area contributed by atoms with Crippen molar-refractivity contribution >= 4 is 18.3 Å². The largest absolute Gasteiger partial charge is 0.348 e. The Morgan fingerprint density at radius 3 is 2.65 bits per heavy atom. The topological polar surface area (TPSA) is 59.0 Å². The first-order valence-corrected chi connectivity index (χ1v) is 7.40. The number of hydrogen-bond acceptors (Lipinski definition) is 3. The van der Waals surface area contributed by atoms with Gasteiger partial charge in [-0.05, 0) is 51.1 Å². The molecule has 0 radical (unpaired) electrons. The van der Waals surface area contributed by atoms with Gasteiger partial charge in [0.25, 0.3) is 5.91 Å². The van der Waals surface area contributed by atoms with Gasteiger partial charge in [0.05, 0.1) is 22.6 Å². The van der Waals surface area contributed by atoms with E-state index in [9.17, 15) is 9.18 Å². The highest BCUT2D eigenvalue weighted by Gasteiger charge is 2.23. The van der Waals surface area contributed by atoms with Gasteiger partial charge >= 0.3 is 0 Å². The minimum absolute atomic E-state index is 0. The highest BCUT2D eigenvalue weighted by molar-refractivity contribution is 5.96. The first-order valence-electron chi connectivity index (χ1n) is 7.40. The van der Waals surface area contributed by atoms with Crippen molar-refractivity contribution in [2.24, 2.45) is 0 Å². The number of rotatable bonds is 3. The molecule has 1 aromatic heterocycles. The molecule has 23 heavy (non-hydrogen) atoms. The molecule has 2 heterocycles. The van der Waals surface area contributed by atoms with E-state index in [1.165, 1.54) is 12.1 Å². The third-order valence-corrected chi connectivity index (χ3v) is 3.99. The highest BCUT2D eigenvalue weighted by atomic mass is 35.5. The zero-order valence-corrected chi connectivity index (χ0v) is 13.9. The monoisotopic (exact) mass is 338 g/mol. The van der Waals surface area contributed by atoms with E-state index in [0.29, 0.717) is 11.3 Å². The Hall–Kier alpha value is -1.92. The van der Waals surface area contributed by atoms with Crippen LogP contribution in [0.5, 0.6) is 0 Å². The van der Waals surface area contributed by atoms with Crippen LogP contribution in [0.15, 0.2) is 24.3 Å². The zero-order chi connectivity index (χ0) is 15.7. The number of nitrogens with one attached hydrogen (secondary N) is 2. The molecule has 1 aliphatic rings. The average Bonchev–Trinajstić information content (AvgIpc) is 3.08. The number of aromatic nitrogens is 2. The first kappa shape index (κ1) is 17.4. The molecule has 124 valence electrons. The van der Waals surface area contributed by atoms with E-state index in [2.05, 4.69) is 15.7 Å².